The van der Waals surface area contributed by atoms with E-state index in [4.69, 9.17) is 0 Å². The summed E-state index contributed by atoms with van der Waals surface area (Å²) in [5.41, 5.74) is 1.17. The first-order valence-electron chi connectivity index (χ1n) is 6.30. The number of hydrogen-bond acceptors (Lipinski definition) is 3. The topological polar surface area (TPSA) is 50.1 Å². The molecule has 1 saturated heterocycles. The lowest BCUT2D eigenvalue weighted by Crippen LogP contribution is -2.28. The molecule has 4 heteroatoms. The Morgan fingerprint density at radius 1 is 1.38 bits per heavy atom. The molecule has 1 aromatic rings. The van der Waals surface area contributed by atoms with Gasteiger partial charge in [0.25, 0.3) is 0 Å². The fourth-order valence-corrected chi connectivity index (χ4v) is 2.78. The first kappa shape index (κ1) is 10.3. The highest BCUT2D eigenvalue weighted by molar-refractivity contribution is 5.13. The van der Waals surface area contributed by atoms with Crippen LogP contribution in [0, 0.1) is 0 Å². The third-order valence-electron chi connectivity index (χ3n) is 3.72. The zero-order chi connectivity index (χ0) is 11.0. The average Bonchev–Trinajstić information content (AvgIpc) is 2.76. The molecule has 16 heavy (non-hydrogen) atoms. The summed E-state index contributed by atoms with van der Waals surface area (Å²) in [5, 5.41) is 13.3. The number of nitrogens with one attached hydrogen (secondary N) is 1. The molecular weight excluding hydrogens is 202 g/mol. The van der Waals surface area contributed by atoms with Crippen LogP contribution >= 0.6 is 0 Å². The third-order valence-corrected chi connectivity index (χ3v) is 3.72. The molecular formula is C12H19N3O. The summed E-state index contributed by atoms with van der Waals surface area (Å²) in [6.07, 6.45) is 6.18. The van der Waals surface area contributed by atoms with Gasteiger partial charge in [-0.2, -0.15) is 0 Å². The molecule has 0 amide bonds. The zero-order valence-electron chi connectivity index (χ0n) is 9.52. The van der Waals surface area contributed by atoms with E-state index < -0.39 is 0 Å². The Kier molecular flexibility index (Phi) is 2.69. The number of rotatable bonds is 1. The predicted molar refractivity (Wildman–Crippen MR) is 61.3 cm³/mol. The molecule has 4 nitrogen and oxygen atoms in total. The standard InChI is InChI=1S/C12H19N3O/c16-11-4-2-6-15-8-10(14-12(11)15)9-3-1-5-13-7-9/h8-9,11,13,16H,1-7H2. The predicted octanol–water partition coefficient (Wildman–Crippen LogP) is 1.18. The summed E-state index contributed by atoms with van der Waals surface area (Å²) < 4.78 is 2.14. The molecule has 2 aliphatic rings. The minimum absolute atomic E-state index is 0.348. The number of aliphatic hydroxyl groups is 1. The van der Waals surface area contributed by atoms with E-state index >= 15 is 0 Å². The molecule has 0 aromatic carbocycles. The van der Waals surface area contributed by atoms with Crippen molar-refractivity contribution in [2.75, 3.05) is 13.1 Å². The normalized spacial score (nSPS) is 30.1. The molecule has 1 fully saturated rings. The minimum atomic E-state index is -0.348. The summed E-state index contributed by atoms with van der Waals surface area (Å²) in [6.45, 7) is 3.18. The van der Waals surface area contributed by atoms with Crippen LogP contribution in [-0.2, 0) is 6.54 Å². The van der Waals surface area contributed by atoms with Crippen LogP contribution < -0.4 is 5.32 Å². The molecule has 2 atom stereocenters. The van der Waals surface area contributed by atoms with Crippen molar-refractivity contribution in [3.63, 3.8) is 0 Å². The van der Waals surface area contributed by atoms with Crippen LogP contribution in [0.4, 0.5) is 0 Å². The average molecular weight is 221 g/mol. The Hall–Kier alpha value is -0.870. The SMILES string of the molecule is OC1CCCn2cc(C3CCCNC3)nc21. The van der Waals surface area contributed by atoms with Gasteiger partial charge in [0.1, 0.15) is 11.9 Å². The van der Waals surface area contributed by atoms with E-state index in [1.165, 1.54) is 18.5 Å². The highest BCUT2D eigenvalue weighted by Crippen LogP contribution is 2.28. The maximum Gasteiger partial charge on any atom is 0.137 e. The van der Waals surface area contributed by atoms with Crippen LogP contribution in [0.2, 0.25) is 0 Å². The van der Waals surface area contributed by atoms with Crippen molar-refractivity contribution in [1.29, 1.82) is 0 Å². The van der Waals surface area contributed by atoms with E-state index in [9.17, 15) is 5.11 Å². The lowest BCUT2D eigenvalue weighted by atomic mass is 9.97. The van der Waals surface area contributed by atoms with Crippen LogP contribution in [-0.4, -0.2) is 27.7 Å². The minimum Gasteiger partial charge on any atom is -0.385 e. The van der Waals surface area contributed by atoms with Crippen LogP contribution in [0.5, 0.6) is 0 Å². The van der Waals surface area contributed by atoms with Crippen molar-refractivity contribution in [3.8, 4) is 0 Å². The molecule has 2 N–H and O–H groups in total. The van der Waals surface area contributed by atoms with Gasteiger partial charge in [0.15, 0.2) is 0 Å². The fourth-order valence-electron chi connectivity index (χ4n) is 2.78. The first-order valence-corrected chi connectivity index (χ1v) is 6.30. The Bertz CT molecular complexity index is 368. The number of nitrogens with zero attached hydrogens (tertiary/aromatic N) is 2. The van der Waals surface area contributed by atoms with Gasteiger partial charge >= 0.3 is 0 Å². The van der Waals surface area contributed by atoms with Gasteiger partial charge < -0.3 is 15.0 Å². The summed E-state index contributed by atoms with van der Waals surface area (Å²) in [5.74, 6) is 1.42. The molecule has 3 heterocycles. The van der Waals surface area contributed by atoms with Crippen molar-refractivity contribution in [1.82, 2.24) is 14.9 Å². The molecule has 88 valence electrons. The van der Waals surface area contributed by atoms with E-state index in [-0.39, 0.29) is 6.10 Å². The number of aryl methyl sites for hydroxylation is 1. The molecule has 2 aliphatic heterocycles. The van der Waals surface area contributed by atoms with Crippen molar-refractivity contribution >= 4 is 0 Å². The van der Waals surface area contributed by atoms with E-state index in [1.54, 1.807) is 0 Å². The highest BCUT2D eigenvalue weighted by atomic mass is 16.3. The highest BCUT2D eigenvalue weighted by Gasteiger charge is 2.24. The smallest absolute Gasteiger partial charge is 0.137 e. The van der Waals surface area contributed by atoms with Gasteiger partial charge in [-0.3, -0.25) is 0 Å². The Labute approximate surface area is 95.7 Å². The summed E-state index contributed by atoms with van der Waals surface area (Å²) in [7, 11) is 0. The Morgan fingerprint density at radius 2 is 2.31 bits per heavy atom. The van der Waals surface area contributed by atoms with Crippen molar-refractivity contribution in [3.05, 3.63) is 17.7 Å². The number of imidazole rings is 1. The van der Waals surface area contributed by atoms with E-state index in [0.29, 0.717) is 5.92 Å². The molecule has 0 spiro atoms. The molecule has 1 aromatic heterocycles. The van der Waals surface area contributed by atoms with Crippen LogP contribution in [0.3, 0.4) is 0 Å². The van der Waals surface area contributed by atoms with Crippen molar-refractivity contribution in [2.45, 2.75) is 44.2 Å². The molecule has 2 unspecified atom stereocenters. The number of fused-ring (bicyclic) bond motifs is 1. The molecule has 0 aliphatic carbocycles. The second-order valence-electron chi connectivity index (χ2n) is 4.92. The van der Waals surface area contributed by atoms with Gasteiger partial charge in [-0.1, -0.05) is 0 Å². The molecule has 0 saturated carbocycles. The Morgan fingerprint density at radius 3 is 3.06 bits per heavy atom. The van der Waals surface area contributed by atoms with Gasteiger partial charge in [-0.15, -0.1) is 0 Å². The van der Waals surface area contributed by atoms with Gasteiger partial charge in [0, 0.05) is 25.2 Å². The molecule has 0 radical (unpaired) electrons. The van der Waals surface area contributed by atoms with Crippen LogP contribution in [0.15, 0.2) is 6.20 Å². The van der Waals surface area contributed by atoms with Gasteiger partial charge in [0.05, 0.1) is 5.69 Å². The summed E-state index contributed by atoms with van der Waals surface area (Å²) in [4.78, 5) is 4.63. The lowest BCUT2D eigenvalue weighted by Gasteiger charge is -2.20. The molecule has 3 rings (SSSR count). The largest absolute Gasteiger partial charge is 0.385 e. The van der Waals surface area contributed by atoms with E-state index in [2.05, 4.69) is 21.1 Å². The monoisotopic (exact) mass is 221 g/mol. The van der Waals surface area contributed by atoms with Crippen molar-refractivity contribution in [2.24, 2.45) is 0 Å². The fraction of sp³-hybridized carbons (Fsp3) is 0.750. The summed E-state index contributed by atoms with van der Waals surface area (Å²) in [6, 6.07) is 0. The van der Waals surface area contributed by atoms with Crippen LogP contribution in [0.25, 0.3) is 0 Å². The van der Waals surface area contributed by atoms with E-state index in [1.807, 2.05) is 0 Å². The second kappa shape index (κ2) is 4.18. The Balaban J connectivity index is 1.85. The van der Waals surface area contributed by atoms with E-state index in [0.717, 1.165) is 38.3 Å². The maximum absolute atomic E-state index is 9.87. The number of piperidine rings is 1. The zero-order valence-corrected chi connectivity index (χ0v) is 9.52. The quantitative estimate of drug-likeness (QED) is 0.748. The van der Waals surface area contributed by atoms with Gasteiger partial charge in [-0.25, -0.2) is 4.98 Å². The summed E-state index contributed by atoms with van der Waals surface area (Å²) >= 11 is 0. The number of hydrogen-bond donors (Lipinski definition) is 2. The number of aliphatic hydroxyl groups excluding tert-OH is 1. The third kappa shape index (κ3) is 1.76. The first-order chi connectivity index (χ1) is 7.84. The second-order valence-corrected chi connectivity index (χ2v) is 4.92. The van der Waals surface area contributed by atoms with Crippen LogP contribution in [0.1, 0.15) is 49.2 Å². The number of aromatic nitrogens is 2. The molecule has 0 bridgehead atoms. The maximum atomic E-state index is 9.87. The van der Waals surface area contributed by atoms with Gasteiger partial charge in [-0.05, 0) is 32.2 Å². The van der Waals surface area contributed by atoms with Crippen molar-refractivity contribution < 1.29 is 5.11 Å². The lowest BCUT2D eigenvalue weighted by molar-refractivity contribution is 0.133. The van der Waals surface area contributed by atoms with Gasteiger partial charge in [0.2, 0.25) is 0 Å².